The van der Waals surface area contributed by atoms with Gasteiger partial charge in [-0.1, -0.05) is 53.2 Å². The highest BCUT2D eigenvalue weighted by molar-refractivity contribution is 5.97. The van der Waals surface area contributed by atoms with Crippen molar-refractivity contribution in [2.45, 2.75) is 118 Å². The predicted molar refractivity (Wildman–Crippen MR) is 164 cm³/mol. The standard InChI is InChI=1S/C32H55N5O4/c1-11-17-33-28(38)24-16-14-19-37(24)30(40)23(6)20-26(21(2)3)35(10)31(41)27(32(7,8)9)34-29(39)25-15-12-13-18-36(25)22(4)5/h11,20-22,24-27H,1,12-19H2,2-10H3,(H,33,38)(H,34,39)/b23-20+/t24-,25+,26?,27+/m0/s1. The maximum absolute atomic E-state index is 14.0. The van der Waals surface area contributed by atoms with Crippen molar-refractivity contribution in [2.75, 3.05) is 26.7 Å². The highest BCUT2D eigenvalue weighted by Crippen LogP contribution is 2.26. The fourth-order valence-corrected chi connectivity index (χ4v) is 5.97. The molecule has 4 amide bonds. The maximum atomic E-state index is 14.0. The number of likely N-dealkylation sites (tertiary alicyclic amines) is 2. The van der Waals surface area contributed by atoms with Crippen molar-refractivity contribution in [3.8, 4) is 0 Å². The number of amides is 4. The number of likely N-dealkylation sites (N-methyl/N-ethyl adjacent to an activating group) is 1. The number of hydrogen-bond donors (Lipinski definition) is 2. The summed E-state index contributed by atoms with van der Waals surface area (Å²) in [6.07, 6.45) is 7.70. The molecular weight excluding hydrogens is 518 g/mol. The Morgan fingerprint density at radius 2 is 1.61 bits per heavy atom. The average Bonchev–Trinajstić information content (AvgIpc) is 3.41. The van der Waals surface area contributed by atoms with Crippen LogP contribution in [0.1, 0.15) is 87.5 Å². The molecule has 9 heteroatoms. The van der Waals surface area contributed by atoms with E-state index in [0.717, 1.165) is 32.2 Å². The molecule has 0 aromatic carbocycles. The van der Waals surface area contributed by atoms with Crippen LogP contribution in [0.25, 0.3) is 0 Å². The predicted octanol–water partition coefficient (Wildman–Crippen LogP) is 3.50. The third-order valence-electron chi connectivity index (χ3n) is 8.38. The van der Waals surface area contributed by atoms with Crippen LogP contribution in [-0.4, -0.2) is 95.2 Å². The van der Waals surface area contributed by atoms with Crippen LogP contribution in [0.3, 0.4) is 0 Å². The SMILES string of the molecule is C=CCNC(=O)[C@@H]1CCCN1C(=O)/C(C)=C/C(C(C)C)N(C)C(=O)[C@@H](NC(=O)[C@H]1CCCCN1C(C)C)C(C)(C)C. The lowest BCUT2D eigenvalue weighted by molar-refractivity contribution is -0.142. The summed E-state index contributed by atoms with van der Waals surface area (Å²) in [7, 11) is 1.74. The number of nitrogens with zero attached hydrogens (tertiary/aromatic N) is 3. The highest BCUT2D eigenvalue weighted by Gasteiger charge is 2.40. The van der Waals surface area contributed by atoms with Gasteiger partial charge >= 0.3 is 0 Å². The number of carbonyl (C=O) groups is 4. The Bertz CT molecular complexity index is 983. The lowest BCUT2D eigenvalue weighted by atomic mass is 9.84. The maximum Gasteiger partial charge on any atom is 0.249 e. The molecule has 0 aromatic rings. The minimum atomic E-state index is -0.724. The molecule has 0 radical (unpaired) electrons. The van der Waals surface area contributed by atoms with Crippen LogP contribution in [0.4, 0.5) is 0 Å². The van der Waals surface area contributed by atoms with Gasteiger partial charge in [-0.2, -0.15) is 0 Å². The summed E-state index contributed by atoms with van der Waals surface area (Å²) < 4.78 is 0. The van der Waals surface area contributed by atoms with E-state index in [4.69, 9.17) is 0 Å². The van der Waals surface area contributed by atoms with Gasteiger partial charge in [0.15, 0.2) is 0 Å². The first-order valence-corrected chi connectivity index (χ1v) is 15.3. The lowest BCUT2D eigenvalue weighted by Crippen LogP contribution is -2.60. The van der Waals surface area contributed by atoms with Crippen LogP contribution >= 0.6 is 0 Å². The zero-order valence-corrected chi connectivity index (χ0v) is 27.0. The van der Waals surface area contributed by atoms with Crippen LogP contribution in [-0.2, 0) is 19.2 Å². The molecule has 2 rings (SSSR count). The van der Waals surface area contributed by atoms with E-state index in [-0.39, 0.29) is 47.7 Å². The van der Waals surface area contributed by atoms with Gasteiger partial charge in [-0.05, 0) is 64.3 Å². The molecule has 2 heterocycles. The van der Waals surface area contributed by atoms with E-state index < -0.39 is 17.5 Å². The first kappa shape index (κ1) is 34.5. The average molecular weight is 574 g/mol. The molecule has 1 unspecified atom stereocenters. The Balaban J connectivity index is 2.26. The molecule has 2 N–H and O–H groups in total. The summed E-state index contributed by atoms with van der Waals surface area (Å²) in [5.41, 5.74) is -0.0198. The van der Waals surface area contributed by atoms with E-state index in [0.29, 0.717) is 25.1 Å². The van der Waals surface area contributed by atoms with Crippen molar-refractivity contribution in [3.05, 3.63) is 24.3 Å². The monoisotopic (exact) mass is 573 g/mol. The Hall–Kier alpha value is -2.68. The first-order valence-electron chi connectivity index (χ1n) is 15.3. The van der Waals surface area contributed by atoms with E-state index in [2.05, 4.69) is 36.0 Å². The van der Waals surface area contributed by atoms with Gasteiger partial charge in [-0.3, -0.25) is 24.1 Å². The van der Waals surface area contributed by atoms with Crippen molar-refractivity contribution in [3.63, 3.8) is 0 Å². The second-order valence-corrected chi connectivity index (χ2v) is 13.4. The molecular formula is C32H55N5O4. The van der Waals surface area contributed by atoms with Gasteiger partial charge in [0.05, 0.1) is 12.1 Å². The Morgan fingerprint density at radius 3 is 2.17 bits per heavy atom. The van der Waals surface area contributed by atoms with Gasteiger partial charge in [-0.15, -0.1) is 6.58 Å². The molecule has 232 valence electrons. The molecule has 0 aliphatic carbocycles. The van der Waals surface area contributed by atoms with Crippen LogP contribution in [0.15, 0.2) is 24.3 Å². The van der Waals surface area contributed by atoms with Gasteiger partial charge in [0, 0.05) is 31.8 Å². The second-order valence-electron chi connectivity index (χ2n) is 13.4. The molecule has 2 fully saturated rings. The molecule has 0 aromatic heterocycles. The Labute approximate surface area is 248 Å². The number of piperidine rings is 1. The topological polar surface area (TPSA) is 102 Å². The zero-order valence-electron chi connectivity index (χ0n) is 27.0. The minimum absolute atomic E-state index is 0.0167. The number of nitrogens with one attached hydrogen (secondary N) is 2. The largest absolute Gasteiger partial charge is 0.351 e. The molecule has 0 spiro atoms. The van der Waals surface area contributed by atoms with E-state index in [1.807, 2.05) is 40.7 Å². The Morgan fingerprint density at radius 1 is 0.976 bits per heavy atom. The second kappa shape index (κ2) is 15.0. The first-order chi connectivity index (χ1) is 19.1. The Kier molecular flexibility index (Phi) is 12.6. The summed E-state index contributed by atoms with van der Waals surface area (Å²) in [4.78, 5) is 59.2. The summed E-state index contributed by atoms with van der Waals surface area (Å²) in [6, 6.07) is -1.60. The van der Waals surface area contributed by atoms with Crippen molar-refractivity contribution in [1.29, 1.82) is 0 Å². The number of carbonyl (C=O) groups excluding carboxylic acids is 4. The molecule has 0 bridgehead atoms. The molecule has 41 heavy (non-hydrogen) atoms. The summed E-state index contributed by atoms with van der Waals surface area (Å²) in [5.74, 6) is -0.634. The third kappa shape index (κ3) is 8.90. The van der Waals surface area contributed by atoms with Gasteiger partial charge in [-0.25, -0.2) is 0 Å². The number of hydrogen-bond acceptors (Lipinski definition) is 5. The van der Waals surface area contributed by atoms with E-state index in [9.17, 15) is 19.2 Å². The van der Waals surface area contributed by atoms with Crippen molar-refractivity contribution >= 4 is 23.6 Å². The minimum Gasteiger partial charge on any atom is -0.351 e. The molecule has 4 atom stereocenters. The summed E-state index contributed by atoms with van der Waals surface area (Å²) in [6.45, 7) is 21.3. The van der Waals surface area contributed by atoms with E-state index >= 15 is 0 Å². The normalized spacial score (nSPS) is 21.9. The van der Waals surface area contributed by atoms with Gasteiger partial charge < -0.3 is 20.4 Å². The third-order valence-corrected chi connectivity index (χ3v) is 8.38. The van der Waals surface area contributed by atoms with Gasteiger partial charge in [0.2, 0.25) is 23.6 Å². The molecule has 0 saturated carbocycles. The van der Waals surface area contributed by atoms with Crippen molar-refractivity contribution in [2.24, 2.45) is 11.3 Å². The van der Waals surface area contributed by atoms with Crippen LogP contribution < -0.4 is 10.6 Å². The van der Waals surface area contributed by atoms with Crippen LogP contribution in [0.5, 0.6) is 0 Å². The van der Waals surface area contributed by atoms with Crippen molar-refractivity contribution < 1.29 is 19.2 Å². The zero-order chi connectivity index (χ0) is 31.1. The van der Waals surface area contributed by atoms with Gasteiger partial charge in [0.1, 0.15) is 12.1 Å². The molecule has 2 aliphatic rings. The molecule has 2 aliphatic heterocycles. The quantitative estimate of drug-likeness (QED) is 0.291. The highest BCUT2D eigenvalue weighted by atomic mass is 16.2. The van der Waals surface area contributed by atoms with E-state index in [1.165, 1.54) is 0 Å². The van der Waals surface area contributed by atoms with Gasteiger partial charge in [0.25, 0.3) is 0 Å². The lowest BCUT2D eigenvalue weighted by Gasteiger charge is -2.41. The van der Waals surface area contributed by atoms with Crippen molar-refractivity contribution in [1.82, 2.24) is 25.3 Å². The van der Waals surface area contributed by atoms with Crippen LogP contribution in [0.2, 0.25) is 0 Å². The summed E-state index contributed by atoms with van der Waals surface area (Å²) in [5, 5.41) is 5.93. The fourth-order valence-electron chi connectivity index (χ4n) is 5.97. The molecule has 9 nitrogen and oxygen atoms in total. The van der Waals surface area contributed by atoms with E-state index in [1.54, 1.807) is 29.8 Å². The number of rotatable bonds is 11. The summed E-state index contributed by atoms with van der Waals surface area (Å²) >= 11 is 0. The van der Waals surface area contributed by atoms with Crippen LogP contribution in [0, 0.1) is 11.3 Å². The molecule has 2 saturated heterocycles. The fraction of sp³-hybridized carbons (Fsp3) is 0.750. The smallest absolute Gasteiger partial charge is 0.249 e.